The van der Waals surface area contributed by atoms with E-state index in [0.29, 0.717) is 22.2 Å². The van der Waals surface area contributed by atoms with E-state index < -0.39 is 0 Å². The van der Waals surface area contributed by atoms with E-state index in [2.05, 4.69) is 20.4 Å². The van der Waals surface area contributed by atoms with Crippen LogP contribution in [0.5, 0.6) is 5.75 Å². The molecule has 0 aliphatic rings. The first-order chi connectivity index (χ1) is 11.2. The van der Waals surface area contributed by atoms with Gasteiger partial charge >= 0.3 is 0 Å². The minimum Gasteiger partial charge on any atom is -0.497 e. The molecule has 0 saturated heterocycles. The van der Waals surface area contributed by atoms with E-state index in [0.717, 1.165) is 5.56 Å². The minimum absolute atomic E-state index is 0.179. The van der Waals surface area contributed by atoms with E-state index in [1.165, 1.54) is 0 Å². The summed E-state index contributed by atoms with van der Waals surface area (Å²) in [4.78, 5) is 12.0. The van der Waals surface area contributed by atoms with E-state index in [4.69, 9.17) is 16.3 Å². The summed E-state index contributed by atoms with van der Waals surface area (Å²) < 4.78 is 5.19. The summed E-state index contributed by atoms with van der Waals surface area (Å²) >= 11 is 6.04. The van der Waals surface area contributed by atoms with Gasteiger partial charge in [0.15, 0.2) is 5.69 Å². The smallest absolute Gasteiger partial charge is 0.292 e. The molecule has 7 heteroatoms. The van der Waals surface area contributed by atoms with Gasteiger partial charge < -0.3 is 4.74 Å². The van der Waals surface area contributed by atoms with Crippen molar-refractivity contribution < 1.29 is 4.74 Å². The predicted octanol–water partition coefficient (Wildman–Crippen LogP) is 4.45. The van der Waals surface area contributed by atoms with Crippen LogP contribution in [-0.2, 0) is 0 Å². The number of ether oxygens (including phenoxy) is 1. The third kappa shape index (κ3) is 3.17. The number of methoxy groups -OCH3 is 1. The highest BCUT2D eigenvalue weighted by Gasteiger charge is 2.12. The Morgan fingerprint density at radius 1 is 1.04 bits per heavy atom. The summed E-state index contributed by atoms with van der Waals surface area (Å²) in [7, 11) is 1.58. The number of nitrogens with one attached hydrogen (secondary N) is 2. The van der Waals surface area contributed by atoms with Crippen molar-refractivity contribution in [3.63, 3.8) is 0 Å². The van der Waals surface area contributed by atoms with E-state index >= 15 is 0 Å². The zero-order valence-corrected chi connectivity index (χ0v) is 13.0. The minimum atomic E-state index is -0.362. The molecule has 0 aliphatic carbocycles. The van der Waals surface area contributed by atoms with Gasteiger partial charge in [0.2, 0.25) is 0 Å². The van der Waals surface area contributed by atoms with Gasteiger partial charge in [-0.2, -0.15) is 0 Å². The van der Waals surface area contributed by atoms with Crippen LogP contribution in [0.1, 0.15) is 0 Å². The van der Waals surface area contributed by atoms with E-state index in [1.807, 2.05) is 18.2 Å². The van der Waals surface area contributed by atoms with Crippen molar-refractivity contribution in [1.29, 1.82) is 0 Å². The highest BCUT2D eigenvalue weighted by atomic mass is 35.5. The van der Waals surface area contributed by atoms with Crippen LogP contribution in [0.4, 0.5) is 11.4 Å². The molecule has 0 radical (unpaired) electrons. The van der Waals surface area contributed by atoms with Crippen molar-refractivity contribution in [2.24, 2.45) is 10.2 Å². The molecule has 1 aromatic heterocycles. The van der Waals surface area contributed by atoms with Crippen LogP contribution in [-0.4, -0.2) is 17.3 Å². The van der Waals surface area contributed by atoms with Crippen molar-refractivity contribution in [1.82, 2.24) is 10.2 Å². The molecule has 0 fully saturated rings. The highest BCUT2D eigenvalue weighted by Crippen LogP contribution is 2.30. The lowest BCUT2D eigenvalue weighted by molar-refractivity contribution is 0.415. The summed E-state index contributed by atoms with van der Waals surface area (Å²) in [5.74, 6) is 0.679. The van der Waals surface area contributed by atoms with Gasteiger partial charge in [-0.25, -0.2) is 0 Å². The fraction of sp³-hybridized carbons (Fsp3) is 0.0625. The van der Waals surface area contributed by atoms with Crippen molar-refractivity contribution in [3.05, 3.63) is 63.9 Å². The third-order valence-electron chi connectivity index (χ3n) is 3.22. The molecule has 2 N–H and O–H groups in total. The van der Waals surface area contributed by atoms with Gasteiger partial charge in [0, 0.05) is 5.56 Å². The Hall–Kier alpha value is -2.86. The molecule has 116 valence electrons. The maximum atomic E-state index is 12.0. The van der Waals surface area contributed by atoms with Gasteiger partial charge in [-0.1, -0.05) is 35.9 Å². The monoisotopic (exact) mass is 328 g/mol. The molecule has 0 bridgehead atoms. The van der Waals surface area contributed by atoms with Gasteiger partial charge in [0.1, 0.15) is 11.4 Å². The van der Waals surface area contributed by atoms with Gasteiger partial charge in [-0.3, -0.25) is 15.0 Å². The number of hydrogen-bond donors (Lipinski definition) is 2. The normalized spacial score (nSPS) is 11.0. The maximum Gasteiger partial charge on any atom is 0.292 e. The third-order valence-corrected chi connectivity index (χ3v) is 3.54. The lowest BCUT2D eigenvalue weighted by Crippen LogP contribution is -1.96. The standard InChI is InChI=1S/C16H13ClN4O2/c1-23-11-6-4-5-10(9-11)14-15(16(22)21-19-14)20-18-13-8-3-2-7-12(13)17/h2-9H,1H3,(H2,19,21,22). The molecule has 3 rings (SSSR count). The first kappa shape index (κ1) is 15.1. The molecule has 0 saturated carbocycles. The van der Waals surface area contributed by atoms with Crippen molar-refractivity contribution in [2.75, 3.05) is 7.11 Å². The van der Waals surface area contributed by atoms with Crippen molar-refractivity contribution in [2.45, 2.75) is 0 Å². The number of rotatable bonds is 4. The number of halogens is 1. The zero-order chi connectivity index (χ0) is 16.2. The van der Waals surface area contributed by atoms with Crippen LogP contribution in [0.3, 0.4) is 0 Å². The lowest BCUT2D eigenvalue weighted by atomic mass is 10.1. The molecule has 0 atom stereocenters. The number of aromatic nitrogens is 2. The molecule has 0 spiro atoms. The molecule has 3 aromatic rings. The topological polar surface area (TPSA) is 82.6 Å². The molecular weight excluding hydrogens is 316 g/mol. The van der Waals surface area contributed by atoms with Gasteiger partial charge in [-0.15, -0.1) is 10.2 Å². The van der Waals surface area contributed by atoms with Gasteiger partial charge in [0.25, 0.3) is 5.56 Å². The fourth-order valence-corrected chi connectivity index (χ4v) is 2.24. The van der Waals surface area contributed by atoms with Crippen LogP contribution < -0.4 is 10.3 Å². The molecule has 0 aliphatic heterocycles. The number of H-pyrrole nitrogens is 2. The summed E-state index contributed by atoms with van der Waals surface area (Å²) in [5.41, 5.74) is 1.60. The second-order valence-corrected chi connectivity index (χ2v) is 5.09. The van der Waals surface area contributed by atoms with Crippen LogP contribution in [0.25, 0.3) is 11.3 Å². The largest absolute Gasteiger partial charge is 0.497 e. The SMILES string of the molecule is COc1cccc(-c2[nH][nH]c(=O)c2N=Nc2ccccc2Cl)c1. The summed E-state index contributed by atoms with van der Waals surface area (Å²) in [6, 6.07) is 14.3. The highest BCUT2D eigenvalue weighted by molar-refractivity contribution is 6.32. The number of benzene rings is 2. The molecule has 0 amide bonds. The van der Waals surface area contributed by atoms with Gasteiger partial charge in [-0.05, 0) is 24.3 Å². The molecule has 0 unspecified atom stereocenters. The first-order valence-electron chi connectivity index (χ1n) is 6.80. The molecule has 6 nitrogen and oxygen atoms in total. The number of nitrogens with zero attached hydrogens (tertiary/aromatic N) is 2. The Morgan fingerprint density at radius 3 is 2.65 bits per heavy atom. The summed E-state index contributed by atoms with van der Waals surface area (Å²) in [6.07, 6.45) is 0. The number of hydrogen-bond acceptors (Lipinski definition) is 4. The Balaban J connectivity index is 2.02. The molecule has 2 aromatic carbocycles. The van der Waals surface area contributed by atoms with E-state index in [1.54, 1.807) is 37.4 Å². The van der Waals surface area contributed by atoms with E-state index in [9.17, 15) is 4.79 Å². The zero-order valence-electron chi connectivity index (χ0n) is 12.2. The average Bonchev–Trinajstić information content (AvgIpc) is 2.95. The Kier molecular flexibility index (Phi) is 4.25. The van der Waals surface area contributed by atoms with Crippen LogP contribution >= 0.6 is 11.6 Å². The van der Waals surface area contributed by atoms with Crippen LogP contribution in [0, 0.1) is 0 Å². The van der Waals surface area contributed by atoms with Crippen molar-refractivity contribution in [3.8, 4) is 17.0 Å². The Labute approximate surface area is 136 Å². The second-order valence-electron chi connectivity index (χ2n) is 4.69. The quantitative estimate of drug-likeness (QED) is 0.694. The predicted molar refractivity (Wildman–Crippen MR) is 89.0 cm³/mol. The van der Waals surface area contributed by atoms with Crippen LogP contribution in [0.15, 0.2) is 63.6 Å². The molecule has 1 heterocycles. The average molecular weight is 329 g/mol. The maximum absolute atomic E-state index is 12.0. The fourth-order valence-electron chi connectivity index (χ4n) is 2.07. The first-order valence-corrected chi connectivity index (χ1v) is 7.18. The Morgan fingerprint density at radius 2 is 1.87 bits per heavy atom. The number of aromatic amines is 2. The van der Waals surface area contributed by atoms with Gasteiger partial charge in [0.05, 0.1) is 17.8 Å². The summed E-state index contributed by atoms with van der Waals surface area (Å²) in [6.45, 7) is 0. The lowest BCUT2D eigenvalue weighted by Gasteiger charge is -2.03. The Bertz CT molecular complexity index is 914. The summed E-state index contributed by atoms with van der Waals surface area (Å²) in [5, 5.41) is 13.9. The van der Waals surface area contributed by atoms with Crippen molar-refractivity contribution >= 4 is 23.0 Å². The molecule has 23 heavy (non-hydrogen) atoms. The number of azo groups is 1. The van der Waals surface area contributed by atoms with E-state index in [-0.39, 0.29) is 11.2 Å². The second kappa shape index (κ2) is 6.50. The molecular formula is C16H13ClN4O2. The van der Waals surface area contributed by atoms with Crippen LogP contribution in [0.2, 0.25) is 5.02 Å².